The fraction of sp³-hybridized carbons (Fsp3) is 0.231. The molecule has 3 heterocycles. The number of fused-ring (bicyclic) bond motifs is 1. The van der Waals surface area contributed by atoms with Crippen molar-refractivity contribution >= 4 is 40.0 Å². The molecular formula is C26H23BrF4N10O3. The summed E-state index contributed by atoms with van der Waals surface area (Å²) in [6, 6.07) is 5.67. The fourth-order valence-corrected chi connectivity index (χ4v) is 4.11. The summed E-state index contributed by atoms with van der Waals surface area (Å²) in [6.45, 7) is 0.427. The highest BCUT2D eigenvalue weighted by atomic mass is 79.9. The van der Waals surface area contributed by atoms with Crippen molar-refractivity contribution in [2.45, 2.75) is 12.7 Å². The van der Waals surface area contributed by atoms with Crippen LogP contribution >= 0.6 is 0 Å². The molecule has 230 valence electrons. The van der Waals surface area contributed by atoms with Crippen LogP contribution in [0.25, 0.3) is 10.9 Å². The molecule has 0 radical (unpaired) electrons. The summed E-state index contributed by atoms with van der Waals surface area (Å²) >= 11 is 0. The summed E-state index contributed by atoms with van der Waals surface area (Å²) in [4.78, 5) is 39.4. The number of benzene rings is 1. The normalized spacial score (nSPS) is 11.7. The Morgan fingerprint density at radius 3 is 2.61 bits per heavy atom. The SMILES string of the molecule is Cn1c(C#N)nc([N+](=O)[O-])c1C[N+](C)(C)C/C=C/C(=O)Nc1cc2c(Nc3ccc(F)c(C(F)(F)F)c3)ncnc2cn1.[Br-]. The number of nitrogens with one attached hydrogen (secondary N) is 2. The first-order valence-electron chi connectivity index (χ1n) is 12.3. The Morgan fingerprint density at radius 2 is 1.95 bits per heavy atom. The average molecular weight is 679 g/mol. The zero-order valence-corrected chi connectivity index (χ0v) is 24.8. The molecule has 4 rings (SSSR count). The lowest BCUT2D eigenvalue weighted by atomic mass is 10.1. The Bertz CT molecular complexity index is 1800. The van der Waals surface area contributed by atoms with E-state index in [1.807, 2.05) is 6.07 Å². The van der Waals surface area contributed by atoms with Crippen molar-refractivity contribution in [2.75, 3.05) is 31.3 Å². The van der Waals surface area contributed by atoms with E-state index in [4.69, 9.17) is 5.26 Å². The number of alkyl halides is 3. The second kappa shape index (κ2) is 13.1. The molecule has 4 aromatic rings. The van der Waals surface area contributed by atoms with Gasteiger partial charge in [-0.15, -0.1) is 0 Å². The standard InChI is InChI=1S/C26H22F4N10O3.BrH/c1-38-20(25(39(42)43)37-22(38)11-31)13-40(2,3)8-4-5-23(41)36-21-10-16-19(12-32-21)33-14-34-24(16)35-15-6-7-18(27)17(9-15)26(28,29)30;/h4-7,9-10,12,14H,8,13H2,1-3H3,(H-,32,33,34,35,36,41);1H/b5-4+;. The van der Waals surface area contributed by atoms with Crippen LogP contribution < -0.4 is 27.6 Å². The van der Waals surface area contributed by atoms with Crippen molar-refractivity contribution in [3.8, 4) is 6.07 Å². The monoisotopic (exact) mass is 678 g/mol. The minimum Gasteiger partial charge on any atom is -1.00 e. The number of imidazole rings is 1. The molecule has 0 atom stereocenters. The van der Waals surface area contributed by atoms with Crippen LogP contribution in [-0.2, 0) is 24.6 Å². The molecule has 2 N–H and O–H groups in total. The molecular weight excluding hydrogens is 656 g/mol. The zero-order chi connectivity index (χ0) is 31.5. The lowest BCUT2D eigenvalue weighted by Crippen LogP contribution is -3.00. The van der Waals surface area contributed by atoms with Crippen LogP contribution in [0, 0.1) is 27.3 Å². The maximum Gasteiger partial charge on any atom is 0.419 e. The summed E-state index contributed by atoms with van der Waals surface area (Å²) in [5.41, 5.74) is -0.927. The van der Waals surface area contributed by atoms with Gasteiger partial charge in [0.05, 0.1) is 37.9 Å². The number of nitro groups is 1. The number of carbonyl (C=O) groups excluding carboxylic acids is 1. The summed E-state index contributed by atoms with van der Waals surface area (Å²) in [6.07, 6.45) is 0.428. The molecule has 1 amide bonds. The summed E-state index contributed by atoms with van der Waals surface area (Å²) in [5.74, 6) is -2.27. The van der Waals surface area contributed by atoms with Crippen LogP contribution in [0.4, 0.5) is 40.7 Å². The van der Waals surface area contributed by atoms with Gasteiger partial charge in [-0.05, 0) is 40.2 Å². The number of hydrogen-bond acceptors (Lipinski definition) is 9. The number of amides is 1. The third-order valence-corrected chi connectivity index (χ3v) is 6.22. The molecule has 0 aliphatic rings. The highest BCUT2D eigenvalue weighted by Crippen LogP contribution is 2.34. The first-order valence-corrected chi connectivity index (χ1v) is 12.3. The third-order valence-electron chi connectivity index (χ3n) is 6.22. The Labute approximate surface area is 257 Å². The van der Waals surface area contributed by atoms with Crippen molar-refractivity contribution in [3.05, 3.63) is 82.0 Å². The average Bonchev–Trinajstić information content (AvgIpc) is 3.23. The van der Waals surface area contributed by atoms with Crippen LogP contribution in [0.15, 0.2) is 48.9 Å². The van der Waals surface area contributed by atoms with Crippen molar-refractivity contribution in [2.24, 2.45) is 7.05 Å². The predicted molar refractivity (Wildman–Crippen MR) is 145 cm³/mol. The molecule has 44 heavy (non-hydrogen) atoms. The summed E-state index contributed by atoms with van der Waals surface area (Å²) < 4.78 is 54.6. The van der Waals surface area contributed by atoms with E-state index in [0.29, 0.717) is 23.0 Å². The number of anilines is 3. The molecule has 0 bridgehead atoms. The van der Waals surface area contributed by atoms with E-state index in [1.54, 1.807) is 20.2 Å². The van der Waals surface area contributed by atoms with Crippen molar-refractivity contribution in [1.82, 2.24) is 24.5 Å². The smallest absolute Gasteiger partial charge is 0.419 e. The largest absolute Gasteiger partial charge is 1.00 e. The molecule has 0 unspecified atom stereocenters. The lowest BCUT2D eigenvalue weighted by Gasteiger charge is -2.28. The van der Waals surface area contributed by atoms with Crippen molar-refractivity contribution < 1.29 is 48.7 Å². The Kier molecular flexibility index (Phi) is 9.96. The number of halogens is 5. The molecule has 18 heteroatoms. The molecule has 0 saturated carbocycles. The van der Waals surface area contributed by atoms with Crippen LogP contribution in [0.5, 0.6) is 0 Å². The van der Waals surface area contributed by atoms with Gasteiger partial charge in [-0.25, -0.2) is 19.3 Å². The molecule has 13 nitrogen and oxygen atoms in total. The highest BCUT2D eigenvalue weighted by molar-refractivity contribution is 6.00. The van der Waals surface area contributed by atoms with Gasteiger partial charge >= 0.3 is 17.8 Å². The number of hydrogen-bond donors (Lipinski definition) is 2. The van der Waals surface area contributed by atoms with Crippen LogP contribution in [0.3, 0.4) is 0 Å². The zero-order valence-electron chi connectivity index (χ0n) is 23.2. The van der Waals surface area contributed by atoms with Crippen LogP contribution in [-0.4, -0.2) is 60.5 Å². The van der Waals surface area contributed by atoms with Gasteiger partial charge in [-0.3, -0.25) is 9.36 Å². The number of pyridine rings is 1. The number of rotatable bonds is 9. The number of aromatic nitrogens is 5. The molecule has 0 fully saturated rings. The molecule has 0 saturated heterocycles. The van der Waals surface area contributed by atoms with E-state index in [9.17, 15) is 32.5 Å². The molecule has 0 spiro atoms. The topological polar surface area (TPSA) is 165 Å². The van der Waals surface area contributed by atoms with Gasteiger partial charge in [0.15, 0.2) is 11.8 Å². The fourth-order valence-electron chi connectivity index (χ4n) is 4.11. The van der Waals surface area contributed by atoms with Gasteiger partial charge in [0, 0.05) is 24.2 Å². The summed E-state index contributed by atoms with van der Waals surface area (Å²) in [5, 5.41) is 26.2. The number of nitrogens with zero attached hydrogens (tertiary/aromatic N) is 8. The van der Waals surface area contributed by atoms with Gasteiger partial charge in [-0.1, -0.05) is 0 Å². The molecule has 0 aliphatic carbocycles. The number of likely N-dealkylation sites (N-methyl/N-ethyl adjacent to an activating group) is 1. The van der Waals surface area contributed by atoms with E-state index in [-0.39, 0.29) is 63.4 Å². The molecule has 1 aromatic carbocycles. The first-order chi connectivity index (χ1) is 20.2. The first kappa shape index (κ1) is 33.5. The van der Waals surface area contributed by atoms with Gasteiger partial charge in [0.1, 0.15) is 30.3 Å². The Hall–Kier alpha value is -5.02. The maximum atomic E-state index is 13.7. The second-order valence-electron chi connectivity index (χ2n) is 9.93. The van der Waals surface area contributed by atoms with Crippen LogP contribution in [0.1, 0.15) is 17.1 Å². The number of nitriles is 1. The minimum absolute atomic E-state index is 0. The number of carbonyl (C=O) groups is 1. The number of quaternary nitrogens is 1. The van der Waals surface area contributed by atoms with Gasteiger partial charge in [0.2, 0.25) is 5.91 Å². The van der Waals surface area contributed by atoms with E-state index in [0.717, 1.165) is 6.07 Å². The van der Waals surface area contributed by atoms with Gasteiger partial charge < -0.3 is 42.2 Å². The third kappa shape index (κ3) is 7.67. The van der Waals surface area contributed by atoms with Gasteiger partial charge in [0.25, 0.3) is 0 Å². The summed E-state index contributed by atoms with van der Waals surface area (Å²) in [7, 11) is 5.07. The Balaban J connectivity index is 0.00000529. The molecule has 0 aliphatic heterocycles. The van der Waals surface area contributed by atoms with E-state index >= 15 is 0 Å². The second-order valence-corrected chi connectivity index (χ2v) is 9.93. The highest BCUT2D eigenvalue weighted by Gasteiger charge is 2.34. The van der Waals surface area contributed by atoms with E-state index in [2.05, 4.69) is 30.6 Å². The van der Waals surface area contributed by atoms with Crippen molar-refractivity contribution in [3.63, 3.8) is 0 Å². The van der Waals surface area contributed by atoms with E-state index in [1.165, 1.54) is 36.3 Å². The van der Waals surface area contributed by atoms with E-state index < -0.39 is 34.2 Å². The van der Waals surface area contributed by atoms with Crippen molar-refractivity contribution in [1.29, 1.82) is 5.26 Å². The minimum atomic E-state index is -4.89. The quantitative estimate of drug-likeness (QED) is 0.0871. The predicted octanol–water partition coefficient (Wildman–Crippen LogP) is 1.21. The maximum absolute atomic E-state index is 13.7. The van der Waals surface area contributed by atoms with Gasteiger partial charge in [-0.2, -0.15) is 18.4 Å². The Morgan fingerprint density at radius 1 is 1.23 bits per heavy atom. The van der Waals surface area contributed by atoms with Crippen LogP contribution in [0.2, 0.25) is 0 Å². The lowest BCUT2D eigenvalue weighted by molar-refractivity contribution is -0.898. The molecule has 3 aromatic heterocycles.